The molecule has 1 heterocycles. The van der Waals surface area contributed by atoms with Crippen molar-refractivity contribution in [1.82, 2.24) is 4.90 Å². The number of carbonyl (C=O) groups excluding carboxylic acids is 1. The van der Waals surface area contributed by atoms with E-state index in [1.165, 1.54) is 0 Å². The molecule has 1 unspecified atom stereocenters. The van der Waals surface area contributed by atoms with Gasteiger partial charge in [0.15, 0.2) is 0 Å². The number of halogens is 1. The Morgan fingerprint density at radius 3 is 2.83 bits per heavy atom. The van der Waals surface area contributed by atoms with Gasteiger partial charge in [-0.05, 0) is 31.4 Å². The molecule has 1 atom stereocenters. The number of amides is 1. The van der Waals surface area contributed by atoms with Crippen molar-refractivity contribution in [3.8, 4) is 0 Å². The van der Waals surface area contributed by atoms with Crippen LogP contribution in [-0.2, 0) is 11.2 Å². The van der Waals surface area contributed by atoms with E-state index in [9.17, 15) is 9.90 Å². The molecule has 2 rings (SSSR count). The van der Waals surface area contributed by atoms with E-state index < -0.39 is 5.60 Å². The van der Waals surface area contributed by atoms with E-state index in [-0.39, 0.29) is 5.91 Å². The lowest BCUT2D eigenvalue weighted by Crippen LogP contribution is -2.33. The molecule has 0 spiro atoms. The summed E-state index contributed by atoms with van der Waals surface area (Å²) in [4.78, 5) is 13.7. The molecule has 1 fully saturated rings. The van der Waals surface area contributed by atoms with Gasteiger partial charge >= 0.3 is 0 Å². The van der Waals surface area contributed by atoms with Crippen molar-refractivity contribution >= 4 is 17.5 Å². The van der Waals surface area contributed by atoms with Crippen LogP contribution in [0, 0.1) is 0 Å². The average molecular weight is 268 g/mol. The van der Waals surface area contributed by atoms with Gasteiger partial charge in [-0.2, -0.15) is 0 Å². The van der Waals surface area contributed by atoms with Crippen LogP contribution >= 0.6 is 11.6 Å². The molecule has 0 aliphatic carbocycles. The second-order valence-electron chi connectivity index (χ2n) is 5.15. The first kappa shape index (κ1) is 13.4. The Labute approximate surface area is 112 Å². The van der Waals surface area contributed by atoms with E-state index in [2.05, 4.69) is 0 Å². The Hall–Kier alpha value is -1.06. The van der Waals surface area contributed by atoms with Crippen LogP contribution in [0.25, 0.3) is 0 Å². The third kappa shape index (κ3) is 3.24. The molecule has 98 valence electrons. The van der Waals surface area contributed by atoms with Gasteiger partial charge in [0.2, 0.25) is 5.91 Å². The number of carbonyl (C=O) groups is 1. The first-order valence-corrected chi connectivity index (χ1v) is 6.59. The third-order valence-corrected chi connectivity index (χ3v) is 3.74. The van der Waals surface area contributed by atoms with E-state index >= 15 is 0 Å². The van der Waals surface area contributed by atoms with E-state index in [0.29, 0.717) is 37.4 Å². The summed E-state index contributed by atoms with van der Waals surface area (Å²) < 4.78 is 0. The molecule has 1 aromatic rings. The molecule has 4 heteroatoms. The molecule has 0 aromatic heterocycles. The quantitative estimate of drug-likeness (QED) is 0.913. The highest BCUT2D eigenvalue weighted by atomic mass is 35.5. The van der Waals surface area contributed by atoms with Gasteiger partial charge in [-0.25, -0.2) is 0 Å². The number of aliphatic hydroxyl groups is 1. The molecule has 0 saturated carbocycles. The third-order valence-electron chi connectivity index (χ3n) is 3.37. The Kier molecular flexibility index (Phi) is 3.93. The molecule has 3 nitrogen and oxygen atoms in total. The van der Waals surface area contributed by atoms with E-state index in [1.54, 1.807) is 11.8 Å². The van der Waals surface area contributed by atoms with Crippen molar-refractivity contribution in [3.63, 3.8) is 0 Å². The maximum absolute atomic E-state index is 12.0. The minimum atomic E-state index is -0.722. The van der Waals surface area contributed by atoms with Gasteiger partial charge in [-0.15, -0.1) is 0 Å². The van der Waals surface area contributed by atoms with Crippen molar-refractivity contribution < 1.29 is 9.90 Å². The van der Waals surface area contributed by atoms with Gasteiger partial charge in [0, 0.05) is 24.5 Å². The summed E-state index contributed by atoms with van der Waals surface area (Å²) in [5.41, 5.74) is 0.276. The van der Waals surface area contributed by atoms with Crippen molar-refractivity contribution in [2.75, 3.05) is 13.1 Å². The zero-order valence-corrected chi connectivity index (χ0v) is 11.3. The van der Waals surface area contributed by atoms with Gasteiger partial charge in [0.1, 0.15) is 0 Å². The predicted octanol–water partition coefficient (Wildman–Crippen LogP) is 2.26. The minimum absolute atomic E-state index is 0.0905. The van der Waals surface area contributed by atoms with Crippen LogP contribution in [-0.4, -0.2) is 34.6 Å². The van der Waals surface area contributed by atoms with Crippen LogP contribution in [0.4, 0.5) is 0 Å². The maximum atomic E-state index is 12.0. The van der Waals surface area contributed by atoms with Gasteiger partial charge in [0.05, 0.1) is 5.60 Å². The molecule has 1 saturated heterocycles. The highest BCUT2D eigenvalue weighted by molar-refractivity contribution is 6.31. The first-order valence-electron chi connectivity index (χ1n) is 6.21. The van der Waals surface area contributed by atoms with Crippen LogP contribution in [0.5, 0.6) is 0 Å². The molecule has 0 bridgehead atoms. The monoisotopic (exact) mass is 267 g/mol. The maximum Gasteiger partial charge on any atom is 0.223 e. The van der Waals surface area contributed by atoms with Crippen molar-refractivity contribution in [2.24, 2.45) is 0 Å². The second kappa shape index (κ2) is 5.29. The fraction of sp³-hybridized carbons (Fsp3) is 0.500. The van der Waals surface area contributed by atoms with Crippen molar-refractivity contribution in [3.05, 3.63) is 34.9 Å². The highest BCUT2D eigenvalue weighted by Crippen LogP contribution is 2.22. The molecule has 1 aliphatic rings. The molecule has 1 N–H and O–H groups in total. The molecular formula is C14H18ClNO2. The average Bonchev–Trinajstić information content (AvgIpc) is 2.68. The number of aryl methyl sites for hydroxylation is 1. The topological polar surface area (TPSA) is 40.5 Å². The summed E-state index contributed by atoms with van der Waals surface area (Å²) in [6, 6.07) is 7.58. The van der Waals surface area contributed by atoms with Gasteiger partial charge in [-0.1, -0.05) is 29.8 Å². The molecular weight excluding hydrogens is 250 g/mol. The summed E-state index contributed by atoms with van der Waals surface area (Å²) in [6.45, 7) is 2.86. The number of likely N-dealkylation sites (tertiary alicyclic amines) is 1. The summed E-state index contributed by atoms with van der Waals surface area (Å²) in [7, 11) is 0. The Morgan fingerprint density at radius 2 is 2.22 bits per heavy atom. The number of β-amino-alcohol motifs (C(OH)–C–C–N with tert-alkyl or cyclic N) is 1. The van der Waals surface area contributed by atoms with Crippen LogP contribution < -0.4 is 0 Å². The molecule has 18 heavy (non-hydrogen) atoms. The number of nitrogens with zero attached hydrogens (tertiary/aromatic N) is 1. The van der Waals surface area contributed by atoms with Gasteiger partial charge in [-0.3, -0.25) is 4.79 Å². The van der Waals surface area contributed by atoms with Crippen LogP contribution in [0.2, 0.25) is 5.02 Å². The van der Waals surface area contributed by atoms with E-state index in [0.717, 1.165) is 5.56 Å². The first-order chi connectivity index (χ1) is 8.48. The van der Waals surface area contributed by atoms with Gasteiger partial charge < -0.3 is 10.0 Å². The molecule has 1 aromatic carbocycles. The molecule has 0 radical (unpaired) electrons. The molecule has 1 amide bonds. The fourth-order valence-electron chi connectivity index (χ4n) is 2.26. The number of rotatable bonds is 3. The lowest BCUT2D eigenvalue weighted by atomic mass is 10.1. The largest absolute Gasteiger partial charge is 0.388 e. The molecule has 1 aliphatic heterocycles. The van der Waals surface area contributed by atoms with E-state index in [4.69, 9.17) is 11.6 Å². The standard InChI is InChI=1S/C14H18ClNO2/c1-14(18)8-9-16(10-14)13(17)7-6-11-4-2-3-5-12(11)15/h2-5,18H,6-10H2,1H3. The SMILES string of the molecule is CC1(O)CCN(C(=O)CCc2ccccc2Cl)C1. The number of benzene rings is 1. The normalized spacial score (nSPS) is 23.4. The smallest absolute Gasteiger partial charge is 0.223 e. The Morgan fingerprint density at radius 1 is 1.50 bits per heavy atom. The lowest BCUT2D eigenvalue weighted by Gasteiger charge is -2.19. The summed E-state index contributed by atoms with van der Waals surface area (Å²) >= 11 is 6.05. The van der Waals surface area contributed by atoms with Crippen LogP contribution in [0.3, 0.4) is 0 Å². The lowest BCUT2D eigenvalue weighted by molar-refractivity contribution is -0.131. The zero-order chi connectivity index (χ0) is 13.2. The number of hydrogen-bond donors (Lipinski definition) is 1. The van der Waals surface area contributed by atoms with Crippen molar-refractivity contribution in [1.29, 1.82) is 0 Å². The Balaban J connectivity index is 1.88. The summed E-state index contributed by atoms with van der Waals surface area (Å²) in [5.74, 6) is 0.0905. The predicted molar refractivity (Wildman–Crippen MR) is 71.6 cm³/mol. The fourth-order valence-corrected chi connectivity index (χ4v) is 2.49. The van der Waals surface area contributed by atoms with Gasteiger partial charge in [0.25, 0.3) is 0 Å². The summed E-state index contributed by atoms with van der Waals surface area (Å²) in [6.07, 6.45) is 1.75. The van der Waals surface area contributed by atoms with E-state index in [1.807, 2.05) is 24.3 Å². The van der Waals surface area contributed by atoms with Crippen molar-refractivity contribution in [2.45, 2.75) is 31.8 Å². The minimum Gasteiger partial charge on any atom is -0.388 e. The zero-order valence-electron chi connectivity index (χ0n) is 10.5. The van der Waals surface area contributed by atoms with Crippen LogP contribution in [0.1, 0.15) is 25.3 Å². The highest BCUT2D eigenvalue weighted by Gasteiger charge is 2.33. The summed E-state index contributed by atoms with van der Waals surface area (Å²) in [5, 5.41) is 10.5. The van der Waals surface area contributed by atoms with Crippen LogP contribution in [0.15, 0.2) is 24.3 Å². The number of hydrogen-bond acceptors (Lipinski definition) is 2. The Bertz CT molecular complexity index is 445. The second-order valence-corrected chi connectivity index (χ2v) is 5.56.